The van der Waals surface area contributed by atoms with E-state index in [1.165, 1.54) is 29.8 Å². The fourth-order valence-electron chi connectivity index (χ4n) is 3.78. The van der Waals surface area contributed by atoms with Gasteiger partial charge in [-0.15, -0.1) is 11.3 Å². The number of thiazole rings is 1. The molecule has 0 fully saturated rings. The summed E-state index contributed by atoms with van der Waals surface area (Å²) in [6.07, 6.45) is 3.82. The van der Waals surface area contributed by atoms with Crippen molar-refractivity contribution in [2.75, 3.05) is 20.8 Å². The van der Waals surface area contributed by atoms with Crippen LogP contribution in [-0.2, 0) is 9.53 Å². The lowest BCUT2D eigenvalue weighted by atomic mass is 10.0. The van der Waals surface area contributed by atoms with Crippen molar-refractivity contribution < 1.29 is 19.0 Å². The number of hydrogen-bond donors (Lipinski definition) is 0. The lowest BCUT2D eigenvalue weighted by molar-refractivity contribution is -0.136. The largest absolute Gasteiger partial charge is 0.493 e. The topological polar surface area (TPSA) is 79.1 Å². The molecule has 0 saturated carbocycles. The van der Waals surface area contributed by atoms with Gasteiger partial charge in [-0.3, -0.25) is 9.36 Å². The number of thiophene rings is 1. The normalized spacial score (nSPS) is 15.6. The third-order valence-corrected chi connectivity index (χ3v) is 7.39. The van der Waals surface area contributed by atoms with Gasteiger partial charge in [-0.1, -0.05) is 36.8 Å². The van der Waals surface area contributed by atoms with Crippen molar-refractivity contribution in [2.45, 2.75) is 32.7 Å². The minimum atomic E-state index is -0.574. The Bertz CT molecular complexity index is 1400. The molecule has 0 saturated heterocycles. The Morgan fingerprint density at radius 3 is 2.74 bits per heavy atom. The Balaban J connectivity index is 1.81. The van der Waals surface area contributed by atoms with Crippen molar-refractivity contribution in [1.82, 2.24) is 4.57 Å². The Morgan fingerprint density at radius 1 is 1.24 bits per heavy atom. The summed E-state index contributed by atoms with van der Waals surface area (Å²) in [5, 5.41) is 1.92. The highest BCUT2D eigenvalue weighted by molar-refractivity contribution is 7.10. The van der Waals surface area contributed by atoms with E-state index < -0.39 is 12.0 Å². The highest BCUT2D eigenvalue weighted by atomic mass is 32.1. The Kier molecular flexibility index (Phi) is 7.33. The molecule has 0 aliphatic carbocycles. The van der Waals surface area contributed by atoms with Crippen molar-refractivity contribution >= 4 is 34.7 Å². The van der Waals surface area contributed by atoms with Crippen LogP contribution in [0.5, 0.6) is 11.5 Å². The zero-order valence-electron chi connectivity index (χ0n) is 19.5. The third kappa shape index (κ3) is 4.58. The molecule has 0 bridgehead atoms. The van der Waals surface area contributed by atoms with Crippen LogP contribution >= 0.6 is 22.7 Å². The summed E-state index contributed by atoms with van der Waals surface area (Å²) in [6, 6.07) is 8.83. The maximum Gasteiger partial charge on any atom is 0.338 e. The number of allylic oxidation sites excluding steroid dienone is 1. The summed E-state index contributed by atoms with van der Waals surface area (Å²) in [4.78, 5) is 32.1. The second-order valence-corrected chi connectivity index (χ2v) is 9.69. The highest BCUT2D eigenvalue weighted by Crippen LogP contribution is 2.33. The average Bonchev–Trinajstić information content (AvgIpc) is 3.47. The second-order valence-electron chi connectivity index (χ2n) is 7.70. The summed E-state index contributed by atoms with van der Waals surface area (Å²) in [5.41, 5.74) is 1.52. The van der Waals surface area contributed by atoms with Crippen molar-refractivity contribution in [2.24, 2.45) is 4.99 Å². The first kappa shape index (κ1) is 24.0. The molecule has 3 heterocycles. The first-order valence-corrected chi connectivity index (χ1v) is 12.6. The van der Waals surface area contributed by atoms with Crippen LogP contribution in [0.1, 0.15) is 43.2 Å². The van der Waals surface area contributed by atoms with Crippen molar-refractivity contribution in [1.29, 1.82) is 0 Å². The van der Waals surface area contributed by atoms with Crippen molar-refractivity contribution in [3.05, 3.63) is 77.1 Å². The number of nitrogens with zero attached hydrogens (tertiary/aromatic N) is 2. The van der Waals surface area contributed by atoms with Crippen LogP contribution in [0.15, 0.2) is 56.8 Å². The number of methoxy groups -OCH3 is 2. The number of unbranched alkanes of at least 4 members (excludes halogenated alkanes) is 1. The lowest BCUT2D eigenvalue weighted by Gasteiger charge is -2.22. The molecule has 0 amide bonds. The number of esters is 1. The summed E-state index contributed by atoms with van der Waals surface area (Å²) < 4.78 is 18.4. The fraction of sp³-hybridized carbons (Fsp3) is 0.320. The Morgan fingerprint density at radius 2 is 2.06 bits per heavy atom. The smallest absolute Gasteiger partial charge is 0.338 e. The van der Waals surface area contributed by atoms with Gasteiger partial charge in [0.05, 0.1) is 36.6 Å². The first-order chi connectivity index (χ1) is 16.5. The highest BCUT2D eigenvalue weighted by Gasteiger charge is 2.33. The molecule has 1 unspecified atom stereocenters. The molecule has 9 heteroatoms. The van der Waals surface area contributed by atoms with Gasteiger partial charge in [0.25, 0.3) is 5.56 Å². The molecule has 7 nitrogen and oxygen atoms in total. The molecule has 1 atom stereocenters. The third-order valence-electron chi connectivity index (χ3n) is 5.48. The maximum atomic E-state index is 13.5. The first-order valence-electron chi connectivity index (χ1n) is 10.9. The maximum absolute atomic E-state index is 13.5. The molecule has 34 heavy (non-hydrogen) atoms. The van der Waals surface area contributed by atoms with E-state index in [1.807, 2.05) is 41.8 Å². The van der Waals surface area contributed by atoms with Crippen molar-refractivity contribution in [3.8, 4) is 11.5 Å². The predicted octanol–water partition coefficient (Wildman–Crippen LogP) is 3.66. The lowest BCUT2D eigenvalue weighted by Crippen LogP contribution is -2.39. The second kappa shape index (κ2) is 10.4. The van der Waals surface area contributed by atoms with Crippen LogP contribution in [-0.4, -0.2) is 31.4 Å². The number of benzene rings is 1. The number of carbonyl (C=O) groups excluding carboxylic acids is 1. The monoisotopic (exact) mass is 498 g/mol. The van der Waals surface area contributed by atoms with Gasteiger partial charge in [0.2, 0.25) is 0 Å². The molecule has 3 aromatic rings. The minimum absolute atomic E-state index is 0.210. The van der Waals surface area contributed by atoms with Crippen LogP contribution in [0.3, 0.4) is 0 Å². The molecular weight excluding hydrogens is 472 g/mol. The van der Waals surface area contributed by atoms with Gasteiger partial charge in [0, 0.05) is 4.88 Å². The number of carbonyl (C=O) groups is 1. The molecule has 2 aromatic heterocycles. The van der Waals surface area contributed by atoms with E-state index in [-0.39, 0.29) is 5.56 Å². The van der Waals surface area contributed by atoms with Crippen LogP contribution in [0.25, 0.3) is 6.08 Å². The van der Waals surface area contributed by atoms with Crippen LogP contribution in [0.2, 0.25) is 0 Å². The van der Waals surface area contributed by atoms with E-state index in [1.54, 1.807) is 18.6 Å². The molecule has 0 N–H and O–H groups in total. The molecule has 1 aromatic carbocycles. The van der Waals surface area contributed by atoms with Gasteiger partial charge < -0.3 is 14.2 Å². The van der Waals surface area contributed by atoms with Crippen LogP contribution in [0, 0.1) is 0 Å². The zero-order valence-corrected chi connectivity index (χ0v) is 21.1. The molecule has 0 radical (unpaired) electrons. The van der Waals surface area contributed by atoms with E-state index >= 15 is 0 Å². The number of ether oxygens (including phenoxy) is 3. The van der Waals surface area contributed by atoms with Gasteiger partial charge in [-0.25, -0.2) is 9.79 Å². The standard InChI is InChI=1S/C25H26N2O5S2/c1-5-6-11-32-17-10-9-16(13-18(17)30-3)14-20-23(28)27-22(19-8-7-12-33-19)21(24(29)31-4)15(2)26-25(27)34-20/h7-10,12-14,22H,5-6,11H2,1-4H3/b20-14+. The SMILES string of the molecule is CCCCOc1ccc(/C=c2/sc3n(c2=O)C(c2cccs2)C(C(=O)OC)=C(C)N=3)cc1OC. The Labute approximate surface area is 205 Å². The molecule has 0 spiro atoms. The quantitative estimate of drug-likeness (QED) is 0.350. The van der Waals surface area contributed by atoms with Gasteiger partial charge in [-0.2, -0.15) is 0 Å². The van der Waals surface area contributed by atoms with Gasteiger partial charge in [0.1, 0.15) is 6.04 Å². The van der Waals surface area contributed by atoms with E-state index in [4.69, 9.17) is 14.2 Å². The van der Waals surface area contributed by atoms with Gasteiger partial charge >= 0.3 is 5.97 Å². The molecule has 4 rings (SSSR count). The minimum Gasteiger partial charge on any atom is -0.493 e. The van der Waals surface area contributed by atoms with Crippen LogP contribution in [0.4, 0.5) is 0 Å². The predicted molar refractivity (Wildman–Crippen MR) is 133 cm³/mol. The molecule has 1 aliphatic heterocycles. The van der Waals surface area contributed by atoms with Crippen molar-refractivity contribution in [3.63, 3.8) is 0 Å². The molecule has 178 valence electrons. The molecular formula is C25H26N2O5S2. The summed E-state index contributed by atoms with van der Waals surface area (Å²) >= 11 is 2.78. The Hall–Kier alpha value is -3.17. The van der Waals surface area contributed by atoms with Crippen LogP contribution < -0.4 is 24.4 Å². The molecule has 1 aliphatic rings. The van der Waals surface area contributed by atoms with E-state index in [0.29, 0.717) is 38.7 Å². The van der Waals surface area contributed by atoms with Gasteiger partial charge in [0.15, 0.2) is 16.3 Å². The number of aromatic nitrogens is 1. The number of rotatable bonds is 8. The van der Waals surface area contributed by atoms with Gasteiger partial charge in [-0.05, 0) is 48.6 Å². The summed E-state index contributed by atoms with van der Waals surface area (Å²) in [5.74, 6) is 0.792. The fourth-order valence-corrected chi connectivity index (χ4v) is 5.65. The van der Waals surface area contributed by atoms with E-state index in [2.05, 4.69) is 11.9 Å². The van der Waals surface area contributed by atoms with E-state index in [9.17, 15) is 9.59 Å². The zero-order chi connectivity index (χ0) is 24.2. The summed E-state index contributed by atoms with van der Waals surface area (Å²) in [6.45, 7) is 4.50. The summed E-state index contributed by atoms with van der Waals surface area (Å²) in [7, 11) is 2.93. The average molecular weight is 499 g/mol. The van der Waals surface area contributed by atoms with E-state index in [0.717, 1.165) is 23.3 Å². The number of hydrogen-bond acceptors (Lipinski definition) is 8. The number of fused-ring (bicyclic) bond motifs is 1.